The largest absolute Gasteiger partial charge is 0.348 e. The van der Waals surface area contributed by atoms with Crippen LogP contribution in [0.5, 0.6) is 0 Å². The van der Waals surface area contributed by atoms with E-state index >= 15 is 0 Å². The Morgan fingerprint density at radius 3 is 2.30 bits per heavy atom. The zero-order valence-electron chi connectivity index (χ0n) is 18.2. The van der Waals surface area contributed by atoms with Crippen LogP contribution in [-0.2, 0) is 21.4 Å². The van der Waals surface area contributed by atoms with Crippen molar-refractivity contribution < 1.29 is 18.0 Å². The Balaban J connectivity index is 1.36. The summed E-state index contributed by atoms with van der Waals surface area (Å²) in [6.45, 7) is 2.88. The van der Waals surface area contributed by atoms with Crippen LogP contribution in [0.3, 0.4) is 0 Å². The van der Waals surface area contributed by atoms with Crippen molar-refractivity contribution in [1.29, 1.82) is 0 Å². The van der Waals surface area contributed by atoms with Crippen LogP contribution < -0.4 is 14.9 Å². The number of hydrogen-bond donors (Lipinski definition) is 2. The molecule has 1 aliphatic heterocycles. The highest BCUT2D eigenvalue weighted by molar-refractivity contribution is 7.92. The first-order chi connectivity index (χ1) is 15.8. The molecule has 0 aliphatic carbocycles. The second-order valence-corrected chi connectivity index (χ2v) is 9.63. The van der Waals surface area contributed by atoms with Gasteiger partial charge in [-0.25, -0.2) is 8.42 Å². The third-order valence-corrected chi connectivity index (χ3v) is 6.97. The van der Waals surface area contributed by atoms with E-state index in [9.17, 15) is 18.0 Å². The molecule has 0 saturated carbocycles. The first-order valence-corrected chi connectivity index (χ1v) is 12.2. The fourth-order valence-electron chi connectivity index (χ4n) is 3.68. The van der Waals surface area contributed by atoms with Crippen LogP contribution in [0.25, 0.3) is 0 Å². The van der Waals surface area contributed by atoms with E-state index in [2.05, 4.69) is 10.0 Å². The number of rotatable bonds is 7. The minimum absolute atomic E-state index is 0.0781. The van der Waals surface area contributed by atoms with Gasteiger partial charge < -0.3 is 10.2 Å². The molecule has 0 aromatic heterocycles. The number of nitrogens with zero attached hydrogens (tertiary/aromatic N) is 1. The van der Waals surface area contributed by atoms with Gasteiger partial charge in [0.05, 0.1) is 10.6 Å². The summed E-state index contributed by atoms with van der Waals surface area (Å²) in [5.74, 6) is -0.166. The van der Waals surface area contributed by atoms with E-state index in [1.165, 1.54) is 24.3 Å². The Morgan fingerprint density at radius 2 is 1.67 bits per heavy atom. The van der Waals surface area contributed by atoms with Gasteiger partial charge in [0, 0.05) is 30.8 Å². The minimum Gasteiger partial charge on any atom is -0.348 e. The molecule has 1 aliphatic rings. The predicted octanol–water partition coefficient (Wildman–Crippen LogP) is 3.85. The molecular weight excluding hydrogens is 438 g/mol. The zero-order chi connectivity index (χ0) is 23.4. The molecule has 8 heteroatoms. The summed E-state index contributed by atoms with van der Waals surface area (Å²) < 4.78 is 27.9. The van der Waals surface area contributed by atoms with Gasteiger partial charge in [-0.2, -0.15) is 0 Å². The number of carbonyl (C=O) groups excluding carboxylic acids is 2. The smallest absolute Gasteiger partial charge is 0.261 e. The van der Waals surface area contributed by atoms with Crippen molar-refractivity contribution in [2.24, 2.45) is 0 Å². The van der Waals surface area contributed by atoms with Gasteiger partial charge >= 0.3 is 0 Å². The lowest BCUT2D eigenvalue weighted by molar-refractivity contribution is -0.117. The highest BCUT2D eigenvalue weighted by Crippen LogP contribution is 2.22. The molecule has 3 aromatic rings. The van der Waals surface area contributed by atoms with E-state index in [0.717, 1.165) is 29.8 Å². The second-order valence-electron chi connectivity index (χ2n) is 7.94. The van der Waals surface area contributed by atoms with Crippen molar-refractivity contribution in [3.63, 3.8) is 0 Å². The lowest BCUT2D eigenvalue weighted by Gasteiger charge is -2.16. The molecule has 0 spiro atoms. The Labute approximate surface area is 193 Å². The van der Waals surface area contributed by atoms with E-state index in [1.54, 1.807) is 17.0 Å². The van der Waals surface area contributed by atoms with Gasteiger partial charge in [-0.1, -0.05) is 30.3 Å². The summed E-state index contributed by atoms with van der Waals surface area (Å²) in [6.07, 6.45) is 1.46. The van der Waals surface area contributed by atoms with Crippen LogP contribution >= 0.6 is 0 Å². The summed E-state index contributed by atoms with van der Waals surface area (Å²) in [4.78, 5) is 26.2. The Bertz CT molecular complexity index is 1270. The molecule has 7 nitrogen and oxygen atoms in total. The highest BCUT2D eigenvalue weighted by atomic mass is 32.2. The Morgan fingerprint density at radius 1 is 0.970 bits per heavy atom. The van der Waals surface area contributed by atoms with Crippen molar-refractivity contribution in [2.75, 3.05) is 16.2 Å². The van der Waals surface area contributed by atoms with Gasteiger partial charge in [0.15, 0.2) is 0 Å². The van der Waals surface area contributed by atoms with Gasteiger partial charge in [-0.3, -0.25) is 14.3 Å². The van der Waals surface area contributed by atoms with E-state index in [0.29, 0.717) is 24.2 Å². The van der Waals surface area contributed by atoms with Crippen molar-refractivity contribution in [1.82, 2.24) is 5.32 Å². The predicted molar refractivity (Wildman–Crippen MR) is 128 cm³/mol. The fraction of sp³-hybridized carbons (Fsp3) is 0.200. The van der Waals surface area contributed by atoms with Crippen molar-refractivity contribution >= 4 is 33.2 Å². The quantitative estimate of drug-likeness (QED) is 0.556. The van der Waals surface area contributed by atoms with Crippen LogP contribution in [-0.4, -0.2) is 26.8 Å². The molecule has 0 radical (unpaired) electrons. The molecule has 3 aromatic carbocycles. The van der Waals surface area contributed by atoms with Gasteiger partial charge in [0.2, 0.25) is 5.91 Å². The molecule has 2 N–H and O–H groups in total. The van der Waals surface area contributed by atoms with Crippen molar-refractivity contribution in [3.8, 4) is 0 Å². The first-order valence-electron chi connectivity index (χ1n) is 10.7. The number of benzene rings is 3. The van der Waals surface area contributed by atoms with Gasteiger partial charge in [-0.05, 0) is 66.9 Å². The van der Waals surface area contributed by atoms with E-state index in [1.807, 2.05) is 43.3 Å². The van der Waals surface area contributed by atoms with Crippen LogP contribution in [0.2, 0.25) is 0 Å². The van der Waals surface area contributed by atoms with Crippen LogP contribution in [0.15, 0.2) is 77.7 Å². The van der Waals surface area contributed by atoms with Crippen LogP contribution in [0.1, 0.15) is 34.3 Å². The summed E-state index contributed by atoms with van der Waals surface area (Å²) in [5, 5.41) is 2.83. The maximum atomic E-state index is 12.7. The van der Waals surface area contributed by atoms with E-state index < -0.39 is 10.0 Å². The molecule has 1 heterocycles. The normalized spacial score (nSPS) is 13.7. The molecule has 2 amide bonds. The average molecular weight is 464 g/mol. The third-order valence-electron chi connectivity index (χ3n) is 5.59. The monoisotopic (exact) mass is 463 g/mol. The summed E-state index contributed by atoms with van der Waals surface area (Å²) >= 11 is 0. The molecule has 170 valence electrons. The lowest BCUT2D eigenvalue weighted by atomic mass is 10.1. The lowest BCUT2D eigenvalue weighted by Crippen LogP contribution is -2.24. The highest BCUT2D eigenvalue weighted by Gasteiger charge is 2.21. The SMILES string of the molecule is Cc1ccccc1NS(=O)(=O)c1ccc(C(=O)NCc2ccc(N3CCCC3=O)cc2)cc1. The maximum absolute atomic E-state index is 12.7. The Kier molecular flexibility index (Phi) is 6.46. The minimum atomic E-state index is -3.76. The van der Waals surface area contributed by atoms with Gasteiger partial charge in [-0.15, -0.1) is 0 Å². The van der Waals surface area contributed by atoms with E-state index in [4.69, 9.17) is 0 Å². The number of carbonyl (C=O) groups is 2. The van der Waals surface area contributed by atoms with Gasteiger partial charge in [0.25, 0.3) is 15.9 Å². The molecule has 0 bridgehead atoms. The molecule has 33 heavy (non-hydrogen) atoms. The third kappa shape index (κ3) is 5.23. The van der Waals surface area contributed by atoms with Crippen LogP contribution in [0, 0.1) is 6.92 Å². The average Bonchev–Trinajstić information content (AvgIpc) is 3.25. The number of nitrogens with one attached hydrogen (secondary N) is 2. The number of sulfonamides is 1. The second kappa shape index (κ2) is 9.46. The molecule has 0 atom stereocenters. The maximum Gasteiger partial charge on any atom is 0.261 e. The number of hydrogen-bond acceptors (Lipinski definition) is 4. The van der Waals surface area contributed by atoms with Crippen LogP contribution in [0.4, 0.5) is 11.4 Å². The summed E-state index contributed by atoms with van der Waals surface area (Å²) in [7, 11) is -3.76. The molecule has 1 saturated heterocycles. The topological polar surface area (TPSA) is 95.6 Å². The van der Waals surface area contributed by atoms with Crippen molar-refractivity contribution in [3.05, 3.63) is 89.5 Å². The fourth-order valence-corrected chi connectivity index (χ4v) is 4.81. The summed E-state index contributed by atoms with van der Waals surface area (Å²) in [6, 6.07) is 20.5. The number of para-hydroxylation sites is 1. The molecule has 4 rings (SSSR count). The molecule has 0 unspecified atom stereocenters. The van der Waals surface area contributed by atoms with Crippen molar-refractivity contribution in [2.45, 2.75) is 31.2 Å². The number of aryl methyl sites for hydroxylation is 1. The van der Waals surface area contributed by atoms with Gasteiger partial charge in [0.1, 0.15) is 0 Å². The number of amides is 2. The first kappa shape index (κ1) is 22.5. The Hall–Kier alpha value is -3.65. The zero-order valence-corrected chi connectivity index (χ0v) is 19.1. The molecule has 1 fully saturated rings. The molecular formula is C25H25N3O4S. The standard InChI is InChI=1S/C25H25N3O4S/c1-18-5-2-3-6-23(18)27-33(31,32)22-14-10-20(11-15-22)25(30)26-17-19-8-12-21(13-9-19)28-16-4-7-24(28)29/h2-3,5-6,8-15,27H,4,7,16-17H2,1H3,(H,26,30). The number of anilines is 2. The van der Waals surface area contributed by atoms with E-state index in [-0.39, 0.29) is 16.7 Å². The summed E-state index contributed by atoms with van der Waals surface area (Å²) in [5.41, 5.74) is 3.46.